The molecule has 2 aromatic carbocycles. The van der Waals surface area contributed by atoms with E-state index < -0.39 is 0 Å². The summed E-state index contributed by atoms with van der Waals surface area (Å²) in [6, 6.07) is 16.0. The van der Waals surface area contributed by atoms with Crippen LogP contribution in [-0.4, -0.2) is 35.4 Å². The van der Waals surface area contributed by atoms with Crippen LogP contribution in [0.25, 0.3) is 6.08 Å². The smallest absolute Gasteiger partial charge is 0.265 e. The van der Waals surface area contributed by atoms with Gasteiger partial charge in [0.05, 0.1) is 18.1 Å². The number of thiocarbonyl (C=S) groups is 1. The third-order valence-corrected chi connectivity index (χ3v) is 6.55. The van der Waals surface area contributed by atoms with Crippen molar-refractivity contribution >= 4 is 40.3 Å². The van der Waals surface area contributed by atoms with Gasteiger partial charge in [-0.15, -0.1) is 0 Å². The minimum absolute atomic E-state index is 0.0763. The fraction of sp³-hybridized carbons (Fsp3) is 0.333. The van der Waals surface area contributed by atoms with Gasteiger partial charge in [-0.25, -0.2) is 0 Å². The van der Waals surface area contributed by atoms with Crippen LogP contribution in [0.1, 0.15) is 43.7 Å². The molecule has 3 rings (SSSR count). The topological polar surface area (TPSA) is 38.8 Å². The zero-order valence-corrected chi connectivity index (χ0v) is 19.2. The van der Waals surface area contributed by atoms with Crippen LogP contribution >= 0.6 is 24.0 Å². The molecule has 1 fully saturated rings. The fourth-order valence-corrected chi connectivity index (χ4v) is 4.15. The number of thioether (sulfide) groups is 1. The van der Waals surface area contributed by atoms with Gasteiger partial charge in [0.2, 0.25) is 0 Å². The molecule has 1 aliphatic rings. The molecule has 0 bridgehead atoms. The Morgan fingerprint density at radius 2 is 1.80 bits per heavy atom. The van der Waals surface area contributed by atoms with Crippen LogP contribution in [0.15, 0.2) is 53.4 Å². The van der Waals surface area contributed by atoms with Gasteiger partial charge in [-0.1, -0.05) is 68.2 Å². The maximum Gasteiger partial charge on any atom is 0.265 e. The molecule has 0 N–H and O–H groups in total. The summed E-state index contributed by atoms with van der Waals surface area (Å²) in [5, 5.41) is 0. The number of nitrogens with zero attached hydrogens (tertiary/aromatic N) is 1. The summed E-state index contributed by atoms with van der Waals surface area (Å²) < 4.78 is 12.3. The third kappa shape index (κ3) is 5.64. The monoisotopic (exact) mass is 441 g/mol. The number of amides is 1. The van der Waals surface area contributed by atoms with Crippen molar-refractivity contribution in [1.29, 1.82) is 0 Å². The van der Waals surface area contributed by atoms with Gasteiger partial charge in [0, 0.05) is 19.0 Å². The van der Waals surface area contributed by atoms with Crippen LogP contribution in [0, 0.1) is 0 Å². The van der Waals surface area contributed by atoms with Crippen molar-refractivity contribution in [2.24, 2.45) is 0 Å². The number of ether oxygens (including phenoxy) is 2. The second-order valence-corrected chi connectivity index (χ2v) is 8.88. The summed E-state index contributed by atoms with van der Waals surface area (Å²) in [5.74, 6) is 2.12. The fourth-order valence-electron chi connectivity index (χ4n) is 2.98. The van der Waals surface area contributed by atoms with E-state index in [0.29, 0.717) is 28.4 Å². The summed E-state index contributed by atoms with van der Waals surface area (Å²) in [7, 11) is 1.69. The first-order valence-electron chi connectivity index (χ1n) is 10.2. The van der Waals surface area contributed by atoms with E-state index in [1.54, 1.807) is 7.05 Å². The van der Waals surface area contributed by atoms with Crippen LogP contribution in [0.3, 0.4) is 0 Å². The van der Waals surface area contributed by atoms with E-state index in [1.165, 1.54) is 22.2 Å². The predicted octanol–water partition coefficient (Wildman–Crippen LogP) is 5.88. The molecule has 0 saturated carbocycles. The average Bonchev–Trinajstić information content (AvgIpc) is 3.01. The van der Waals surface area contributed by atoms with E-state index in [1.807, 2.05) is 42.5 Å². The second-order valence-electron chi connectivity index (χ2n) is 7.21. The lowest BCUT2D eigenvalue weighted by Crippen LogP contribution is -2.22. The predicted molar refractivity (Wildman–Crippen MR) is 128 cm³/mol. The van der Waals surface area contributed by atoms with Gasteiger partial charge in [-0.2, -0.15) is 0 Å². The number of benzene rings is 2. The van der Waals surface area contributed by atoms with Crippen LogP contribution in [-0.2, 0) is 4.79 Å². The summed E-state index contributed by atoms with van der Waals surface area (Å²) in [4.78, 5) is 14.3. The summed E-state index contributed by atoms with van der Waals surface area (Å²) in [5.41, 5.74) is 2.21. The highest BCUT2D eigenvalue weighted by Gasteiger charge is 2.28. The number of para-hydroxylation sites is 1. The zero-order chi connectivity index (χ0) is 21.5. The molecule has 0 radical (unpaired) electrons. The van der Waals surface area contributed by atoms with Gasteiger partial charge in [-0.05, 0) is 42.2 Å². The molecule has 0 aromatic heterocycles. The van der Waals surface area contributed by atoms with Gasteiger partial charge in [0.15, 0.2) is 0 Å². The van der Waals surface area contributed by atoms with Crippen molar-refractivity contribution in [3.8, 4) is 11.5 Å². The molecule has 158 valence electrons. The molecular formula is C24H27NO3S2. The van der Waals surface area contributed by atoms with Gasteiger partial charge in [-0.3, -0.25) is 9.69 Å². The Morgan fingerprint density at radius 3 is 2.47 bits per heavy atom. The highest BCUT2D eigenvalue weighted by atomic mass is 32.2. The molecule has 0 unspecified atom stereocenters. The third-order valence-electron chi connectivity index (χ3n) is 5.07. The lowest BCUT2D eigenvalue weighted by Gasteiger charge is -2.12. The van der Waals surface area contributed by atoms with E-state index in [0.717, 1.165) is 29.9 Å². The van der Waals surface area contributed by atoms with Gasteiger partial charge < -0.3 is 9.47 Å². The van der Waals surface area contributed by atoms with Crippen LogP contribution < -0.4 is 9.47 Å². The molecule has 1 saturated heterocycles. The standard InChI is InChI=1S/C24H27NO3S2/c1-4-17(2)18-10-12-20(13-11-18)27-14-7-15-28-21-9-6-5-8-19(21)16-22-23(26)25(3)24(29)30-22/h5-6,8-13,16-17H,4,7,14-15H2,1-3H3/b22-16+/t17-/m1/s1. The molecule has 6 heteroatoms. The maximum atomic E-state index is 12.2. The summed E-state index contributed by atoms with van der Waals surface area (Å²) >= 11 is 6.50. The molecule has 1 heterocycles. The number of carbonyl (C=O) groups excluding carboxylic acids is 1. The highest BCUT2D eigenvalue weighted by molar-refractivity contribution is 8.26. The molecule has 1 atom stereocenters. The highest BCUT2D eigenvalue weighted by Crippen LogP contribution is 2.33. The number of carbonyl (C=O) groups is 1. The Kier molecular flexibility index (Phi) is 7.94. The summed E-state index contributed by atoms with van der Waals surface area (Å²) in [6.45, 7) is 5.54. The van der Waals surface area contributed by atoms with Crippen LogP contribution in [0.5, 0.6) is 11.5 Å². The van der Waals surface area contributed by atoms with Crippen molar-refractivity contribution in [2.75, 3.05) is 20.3 Å². The molecule has 0 spiro atoms. The van der Waals surface area contributed by atoms with Gasteiger partial charge >= 0.3 is 0 Å². The lowest BCUT2D eigenvalue weighted by atomic mass is 9.99. The van der Waals surface area contributed by atoms with Crippen molar-refractivity contribution in [2.45, 2.75) is 32.6 Å². The second kappa shape index (κ2) is 10.6. The molecule has 1 aliphatic heterocycles. The maximum absolute atomic E-state index is 12.2. The largest absolute Gasteiger partial charge is 0.493 e. The molecule has 0 aliphatic carbocycles. The zero-order valence-electron chi connectivity index (χ0n) is 17.6. The Balaban J connectivity index is 1.50. The van der Waals surface area contributed by atoms with Crippen molar-refractivity contribution in [1.82, 2.24) is 4.90 Å². The van der Waals surface area contributed by atoms with E-state index >= 15 is 0 Å². The SMILES string of the molecule is CC[C@@H](C)c1ccc(OCCCOc2ccccc2/C=C2/SC(=S)N(C)C2=O)cc1. The quantitative estimate of drug-likeness (QED) is 0.276. The number of rotatable bonds is 9. The molecule has 4 nitrogen and oxygen atoms in total. The first kappa shape index (κ1) is 22.4. The molecular weight excluding hydrogens is 414 g/mol. The normalized spacial score (nSPS) is 16.2. The average molecular weight is 442 g/mol. The molecule has 2 aromatic rings. The van der Waals surface area contributed by atoms with Crippen LogP contribution in [0.2, 0.25) is 0 Å². The van der Waals surface area contributed by atoms with E-state index in [9.17, 15) is 4.79 Å². The van der Waals surface area contributed by atoms with E-state index in [-0.39, 0.29) is 5.91 Å². The number of hydrogen-bond donors (Lipinski definition) is 0. The number of likely N-dealkylation sites (N-methyl/N-ethyl adjacent to an activating group) is 1. The minimum atomic E-state index is -0.0763. The van der Waals surface area contributed by atoms with Crippen molar-refractivity contribution in [3.63, 3.8) is 0 Å². The first-order chi connectivity index (χ1) is 14.5. The van der Waals surface area contributed by atoms with Crippen molar-refractivity contribution in [3.05, 3.63) is 64.6 Å². The minimum Gasteiger partial charge on any atom is -0.493 e. The first-order valence-corrected chi connectivity index (χ1v) is 11.4. The molecule has 1 amide bonds. The number of hydrogen-bond acceptors (Lipinski definition) is 5. The Labute approximate surface area is 188 Å². The van der Waals surface area contributed by atoms with Gasteiger partial charge in [0.25, 0.3) is 5.91 Å². The summed E-state index contributed by atoms with van der Waals surface area (Å²) in [6.07, 6.45) is 3.73. The molecule has 30 heavy (non-hydrogen) atoms. The van der Waals surface area contributed by atoms with Crippen LogP contribution in [0.4, 0.5) is 0 Å². The van der Waals surface area contributed by atoms with E-state index in [2.05, 4.69) is 26.0 Å². The Bertz CT molecular complexity index is 924. The Hall–Kier alpha value is -2.31. The van der Waals surface area contributed by atoms with Crippen molar-refractivity contribution < 1.29 is 14.3 Å². The Morgan fingerprint density at radius 1 is 1.10 bits per heavy atom. The van der Waals surface area contributed by atoms with Gasteiger partial charge in [0.1, 0.15) is 15.8 Å². The lowest BCUT2D eigenvalue weighted by molar-refractivity contribution is -0.121. The van der Waals surface area contributed by atoms with E-state index in [4.69, 9.17) is 21.7 Å².